The summed E-state index contributed by atoms with van der Waals surface area (Å²) in [4.78, 5) is 17.1. The highest BCUT2D eigenvalue weighted by molar-refractivity contribution is 5.94. The van der Waals surface area contributed by atoms with Crippen molar-refractivity contribution in [2.45, 2.75) is 13.0 Å². The third kappa shape index (κ3) is 4.92. The number of nitrogens with one attached hydrogen (secondary N) is 1. The molecule has 0 unspecified atom stereocenters. The second-order valence-electron chi connectivity index (χ2n) is 6.74. The number of anilines is 2. The minimum absolute atomic E-state index is 0.201. The van der Waals surface area contributed by atoms with Gasteiger partial charge in [0.2, 0.25) is 0 Å². The average Bonchev–Trinajstić information content (AvgIpc) is 2.69. The summed E-state index contributed by atoms with van der Waals surface area (Å²) < 4.78 is 11.0. The van der Waals surface area contributed by atoms with Crippen LogP contribution in [0.25, 0.3) is 0 Å². The smallest absolute Gasteiger partial charge is 0.265 e. The first kappa shape index (κ1) is 19.0. The van der Waals surface area contributed by atoms with Gasteiger partial charge in [-0.15, -0.1) is 0 Å². The van der Waals surface area contributed by atoms with E-state index in [9.17, 15) is 4.79 Å². The van der Waals surface area contributed by atoms with E-state index in [2.05, 4.69) is 22.2 Å². The number of methoxy groups -OCH3 is 1. The molecule has 1 saturated heterocycles. The maximum absolute atomic E-state index is 12.4. The minimum atomic E-state index is -0.640. The van der Waals surface area contributed by atoms with Crippen LogP contribution >= 0.6 is 0 Å². The van der Waals surface area contributed by atoms with Gasteiger partial charge in [0.05, 0.1) is 7.11 Å². The topological polar surface area (TPSA) is 54.0 Å². The SMILES string of the molecule is COc1ccccc1O[C@@H](C)C(=O)Nc1ccc(N2CCN(C)CC2)cc1. The van der Waals surface area contributed by atoms with Crippen molar-refractivity contribution >= 4 is 17.3 Å². The molecule has 0 bridgehead atoms. The molecule has 144 valence electrons. The molecule has 1 amide bonds. The van der Waals surface area contributed by atoms with E-state index < -0.39 is 6.10 Å². The molecule has 0 saturated carbocycles. The number of amides is 1. The molecule has 0 spiro atoms. The highest BCUT2D eigenvalue weighted by atomic mass is 16.5. The molecule has 1 N–H and O–H groups in total. The molecule has 1 aliphatic heterocycles. The molecule has 3 rings (SSSR count). The van der Waals surface area contributed by atoms with Crippen LogP contribution in [0.1, 0.15) is 6.92 Å². The van der Waals surface area contributed by atoms with Crippen molar-refractivity contribution in [1.29, 1.82) is 0 Å². The van der Waals surface area contributed by atoms with Gasteiger partial charge in [-0.25, -0.2) is 0 Å². The fourth-order valence-corrected chi connectivity index (χ4v) is 3.02. The average molecular weight is 369 g/mol. The molecule has 0 aliphatic carbocycles. The van der Waals surface area contributed by atoms with E-state index in [-0.39, 0.29) is 5.91 Å². The van der Waals surface area contributed by atoms with E-state index >= 15 is 0 Å². The summed E-state index contributed by atoms with van der Waals surface area (Å²) in [5, 5.41) is 2.91. The van der Waals surface area contributed by atoms with Gasteiger partial charge in [-0.05, 0) is 50.4 Å². The van der Waals surface area contributed by atoms with E-state index in [1.807, 2.05) is 36.4 Å². The van der Waals surface area contributed by atoms with E-state index in [1.165, 1.54) is 5.69 Å². The summed E-state index contributed by atoms with van der Waals surface area (Å²) >= 11 is 0. The highest BCUT2D eigenvalue weighted by Gasteiger charge is 2.18. The lowest BCUT2D eigenvalue weighted by Gasteiger charge is -2.34. The van der Waals surface area contributed by atoms with Crippen LogP contribution in [-0.4, -0.2) is 57.2 Å². The molecule has 6 nitrogen and oxygen atoms in total. The van der Waals surface area contributed by atoms with Crippen molar-refractivity contribution in [2.75, 3.05) is 50.6 Å². The van der Waals surface area contributed by atoms with Gasteiger partial charge in [0.25, 0.3) is 5.91 Å². The lowest BCUT2D eigenvalue weighted by molar-refractivity contribution is -0.122. The van der Waals surface area contributed by atoms with Crippen LogP contribution in [0.15, 0.2) is 48.5 Å². The van der Waals surface area contributed by atoms with Crippen molar-refractivity contribution in [3.8, 4) is 11.5 Å². The first-order valence-electron chi connectivity index (χ1n) is 9.21. The second-order valence-corrected chi connectivity index (χ2v) is 6.74. The van der Waals surface area contributed by atoms with Gasteiger partial charge >= 0.3 is 0 Å². The minimum Gasteiger partial charge on any atom is -0.493 e. The Morgan fingerprint density at radius 2 is 1.63 bits per heavy atom. The number of likely N-dealkylation sites (N-methyl/N-ethyl adjacent to an activating group) is 1. The standard InChI is InChI=1S/C21H27N3O3/c1-16(27-20-7-5-4-6-19(20)26-3)21(25)22-17-8-10-18(11-9-17)24-14-12-23(2)13-15-24/h4-11,16H,12-15H2,1-3H3,(H,22,25)/t16-/m0/s1. The molecule has 2 aromatic rings. The number of hydrogen-bond donors (Lipinski definition) is 1. The van der Waals surface area contributed by atoms with Crippen molar-refractivity contribution in [3.05, 3.63) is 48.5 Å². The zero-order valence-electron chi connectivity index (χ0n) is 16.1. The molecule has 0 radical (unpaired) electrons. The second kappa shape index (κ2) is 8.77. The third-order valence-electron chi connectivity index (χ3n) is 4.75. The molecule has 1 aliphatic rings. The molecular weight excluding hydrogens is 342 g/mol. The Labute approximate surface area is 160 Å². The molecular formula is C21H27N3O3. The van der Waals surface area contributed by atoms with Crippen molar-refractivity contribution < 1.29 is 14.3 Å². The van der Waals surface area contributed by atoms with Crippen molar-refractivity contribution in [1.82, 2.24) is 4.90 Å². The molecule has 1 atom stereocenters. The summed E-state index contributed by atoms with van der Waals surface area (Å²) in [6, 6.07) is 15.3. The third-order valence-corrected chi connectivity index (χ3v) is 4.75. The molecule has 0 aromatic heterocycles. The van der Waals surface area contributed by atoms with Gasteiger partial charge in [-0.2, -0.15) is 0 Å². The summed E-state index contributed by atoms with van der Waals surface area (Å²) in [5.41, 5.74) is 1.94. The molecule has 1 heterocycles. The normalized spacial score (nSPS) is 15.9. The van der Waals surface area contributed by atoms with Crippen LogP contribution in [0.5, 0.6) is 11.5 Å². The first-order valence-corrected chi connectivity index (χ1v) is 9.21. The lowest BCUT2D eigenvalue weighted by atomic mass is 10.2. The lowest BCUT2D eigenvalue weighted by Crippen LogP contribution is -2.44. The summed E-state index contributed by atoms with van der Waals surface area (Å²) in [7, 11) is 3.72. The summed E-state index contributed by atoms with van der Waals surface area (Å²) in [6.07, 6.45) is -0.640. The van der Waals surface area contributed by atoms with E-state index in [0.29, 0.717) is 11.5 Å². The van der Waals surface area contributed by atoms with Crippen LogP contribution in [0.3, 0.4) is 0 Å². The van der Waals surface area contributed by atoms with Crippen LogP contribution in [0.4, 0.5) is 11.4 Å². The monoisotopic (exact) mass is 369 g/mol. The maximum atomic E-state index is 12.4. The number of carbonyl (C=O) groups is 1. The fraction of sp³-hybridized carbons (Fsp3) is 0.381. The maximum Gasteiger partial charge on any atom is 0.265 e. The Morgan fingerprint density at radius 3 is 2.26 bits per heavy atom. The Balaban J connectivity index is 1.57. The highest BCUT2D eigenvalue weighted by Crippen LogP contribution is 2.27. The van der Waals surface area contributed by atoms with Crippen LogP contribution in [0.2, 0.25) is 0 Å². The van der Waals surface area contributed by atoms with Crippen LogP contribution in [0, 0.1) is 0 Å². The van der Waals surface area contributed by atoms with Gasteiger partial charge in [-0.1, -0.05) is 12.1 Å². The number of para-hydroxylation sites is 2. The number of hydrogen-bond acceptors (Lipinski definition) is 5. The largest absolute Gasteiger partial charge is 0.493 e. The van der Waals surface area contributed by atoms with E-state index in [1.54, 1.807) is 26.2 Å². The fourth-order valence-electron chi connectivity index (χ4n) is 3.02. The number of carbonyl (C=O) groups excluding carboxylic acids is 1. The molecule has 6 heteroatoms. The Morgan fingerprint density at radius 1 is 1.00 bits per heavy atom. The van der Waals surface area contributed by atoms with Gasteiger partial charge in [0.1, 0.15) is 0 Å². The van der Waals surface area contributed by atoms with E-state index in [4.69, 9.17) is 9.47 Å². The quantitative estimate of drug-likeness (QED) is 0.849. The predicted molar refractivity (Wildman–Crippen MR) is 108 cm³/mol. The Bertz CT molecular complexity index is 756. The number of rotatable bonds is 6. The number of piperazine rings is 1. The van der Waals surface area contributed by atoms with E-state index in [0.717, 1.165) is 31.9 Å². The summed E-state index contributed by atoms with van der Waals surface area (Å²) in [6.45, 7) is 5.89. The molecule has 1 fully saturated rings. The number of benzene rings is 2. The van der Waals surface area contributed by atoms with Crippen molar-refractivity contribution in [3.63, 3.8) is 0 Å². The Hall–Kier alpha value is -2.73. The van der Waals surface area contributed by atoms with Gasteiger partial charge < -0.3 is 24.6 Å². The molecule has 27 heavy (non-hydrogen) atoms. The predicted octanol–water partition coefficient (Wildman–Crippen LogP) is 2.85. The van der Waals surface area contributed by atoms with Crippen LogP contribution < -0.4 is 19.7 Å². The van der Waals surface area contributed by atoms with Crippen molar-refractivity contribution in [2.24, 2.45) is 0 Å². The van der Waals surface area contributed by atoms with Gasteiger partial charge in [0.15, 0.2) is 17.6 Å². The zero-order valence-corrected chi connectivity index (χ0v) is 16.1. The summed E-state index contributed by atoms with van der Waals surface area (Å²) in [5.74, 6) is 0.954. The number of ether oxygens (including phenoxy) is 2. The van der Waals surface area contributed by atoms with Gasteiger partial charge in [-0.3, -0.25) is 4.79 Å². The Kier molecular flexibility index (Phi) is 6.19. The van der Waals surface area contributed by atoms with Gasteiger partial charge in [0, 0.05) is 37.6 Å². The van der Waals surface area contributed by atoms with Crippen LogP contribution in [-0.2, 0) is 4.79 Å². The molecule has 2 aromatic carbocycles. The first-order chi connectivity index (χ1) is 13.1. The zero-order chi connectivity index (χ0) is 19.2. The number of nitrogens with zero attached hydrogens (tertiary/aromatic N) is 2.